The molecule has 0 unspecified atom stereocenters. The molecule has 1 fully saturated rings. The van der Waals surface area contributed by atoms with Crippen molar-refractivity contribution in [2.24, 2.45) is 5.92 Å². The lowest BCUT2D eigenvalue weighted by Crippen LogP contribution is -2.13. The normalized spacial score (nSPS) is 18.7. The predicted octanol–water partition coefficient (Wildman–Crippen LogP) is 8.41. The van der Waals surface area contributed by atoms with Gasteiger partial charge in [0.15, 0.2) is 11.6 Å². The minimum absolute atomic E-state index is 0.115. The Morgan fingerprint density at radius 3 is 2.09 bits per heavy atom. The molecular weight excluding hydrogens is 405 g/mol. The first-order valence-electron chi connectivity index (χ1n) is 11.8. The van der Waals surface area contributed by atoms with Gasteiger partial charge in [0.25, 0.3) is 0 Å². The number of hydrogen-bond donors (Lipinski definition) is 0. The molecule has 3 heteroatoms. The van der Waals surface area contributed by atoms with Gasteiger partial charge in [0.2, 0.25) is 0 Å². The Kier molecular flexibility index (Phi) is 7.03. The fraction of sp³-hybridized carbons (Fsp3) is 0.379. The minimum Gasteiger partial charge on any atom is -0.207 e. The van der Waals surface area contributed by atoms with Crippen LogP contribution in [0.2, 0.25) is 0 Å². The summed E-state index contributed by atoms with van der Waals surface area (Å²) in [4.78, 5) is 0. The molecular formula is C29H31F3. The van der Waals surface area contributed by atoms with E-state index in [-0.39, 0.29) is 11.7 Å². The summed E-state index contributed by atoms with van der Waals surface area (Å²) in [7, 11) is 0. The lowest BCUT2D eigenvalue weighted by atomic mass is 9.79. The molecule has 0 heterocycles. The van der Waals surface area contributed by atoms with Crippen LogP contribution in [0.15, 0.2) is 54.6 Å². The second kappa shape index (κ2) is 9.94. The summed E-state index contributed by atoms with van der Waals surface area (Å²) in [6, 6.07) is 16.4. The third-order valence-corrected chi connectivity index (χ3v) is 7.04. The highest BCUT2D eigenvalue weighted by atomic mass is 19.2. The number of halogens is 3. The van der Waals surface area contributed by atoms with Crippen molar-refractivity contribution >= 4 is 0 Å². The molecule has 1 saturated carbocycles. The van der Waals surface area contributed by atoms with E-state index in [4.69, 9.17) is 0 Å². The molecule has 1 aliphatic carbocycles. The van der Waals surface area contributed by atoms with Crippen LogP contribution in [0.4, 0.5) is 13.2 Å². The minimum atomic E-state index is -0.757. The highest BCUT2D eigenvalue weighted by molar-refractivity contribution is 5.65. The Morgan fingerprint density at radius 1 is 0.750 bits per heavy atom. The maximum absolute atomic E-state index is 14.9. The third-order valence-electron chi connectivity index (χ3n) is 7.04. The summed E-state index contributed by atoms with van der Waals surface area (Å²) in [6.45, 7) is 4.23. The summed E-state index contributed by atoms with van der Waals surface area (Å²) in [5, 5.41) is 0. The van der Waals surface area contributed by atoms with Crippen molar-refractivity contribution in [3.63, 3.8) is 0 Å². The molecule has 0 spiro atoms. The molecule has 0 aromatic heterocycles. The smallest absolute Gasteiger partial charge is 0.166 e. The van der Waals surface area contributed by atoms with Gasteiger partial charge in [0.1, 0.15) is 5.82 Å². The fourth-order valence-electron chi connectivity index (χ4n) is 4.82. The van der Waals surface area contributed by atoms with E-state index in [1.165, 1.54) is 0 Å². The largest absolute Gasteiger partial charge is 0.207 e. The lowest BCUT2D eigenvalue weighted by Gasteiger charge is -2.27. The van der Waals surface area contributed by atoms with Gasteiger partial charge in [0, 0.05) is 5.56 Å². The predicted molar refractivity (Wildman–Crippen MR) is 125 cm³/mol. The lowest BCUT2D eigenvalue weighted by molar-refractivity contribution is 0.339. The van der Waals surface area contributed by atoms with Gasteiger partial charge in [-0.2, -0.15) is 0 Å². The molecule has 0 radical (unpaired) electrons. The zero-order chi connectivity index (χ0) is 22.7. The summed E-state index contributed by atoms with van der Waals surface area (Å²) >= 11 is 0. The van der Waals surface area contributed by atoms with E-state index < -0.39 is 11.6 Å². The van der Waals surface area contributed by atoms with Gasteiger partial charge in [-0.05, 0) is 77.8 Å². The highest BCUT2D eigenvalue weighted by Crippen LogP contribution is 2.38. The Hall–Kier alpha value is -2.55. The van der Waals surface area contributed by atoms with E-state index in [0.29, 0.717) is 41.0 Å². The summed E-state index contributed by atoms with van der Waals surface area (Å²) < 4.78 is 44.1. The van der Waals surface area contributed by atoms with E-state index in [1.807, 2.05) is 43.3 Å². The van der Waals surface area contributed by atoms with Gasteiger partial charge in [-0.3, -0.25) is 0 Å². The number of hydrogen-bond acceptors (Lipinski definition) is 0. The van der Waals surface area contributed by atoms with Gasteiger partial charge in [-0.25, -0.2) is 13.2 Å². The molecule has 0 amide bonds. The van der Waals surface area contributed by atoms with Crippen LogP contribution in [0.1, 0.15) is 67.7 Å². The van der Waals surface area contributed by atoms with E-state index in [9.17, 15) is 13.2 Å². The van der Waals surface area contributed by atoms with Crippen LogP contribution >= 0.6 is 0 Å². The molecule has 0 N–H and O–H groups in total. The van der Waals surface area contributed by atoms with Gasteiger partial charge in [-0.1, -0.05) is 75.2 Å². The Morgan fingerprint density at radius 2 is 1.44 bits per heavy atom. The molecule has 4 rings (SSSR count). The first-order valence-corrected chi connectivity index (χ1v) is 11.8. The molecule has 32 heavy (non-hydrogen) atoms. The van der Waals surface area contributed by atoms with Gasteiger partial charge >= 0.3 is 0 Å². The maximum atomic E-state index is 14.9. The van der Waals surface area contributed by atoms with Crippen LogP contribution in [0.25, 0.3) is 11.1 Å². The summed E-state index contributed by atoms with van der Waals surface area (Å²) in [5.74, 6) is -0.830. The molecule has 0 saturated heterocycles. The molecule has 3 aromatic rings. The molecule has 0 bridgehead atoms. The van der Waals surface area contributed by atoms with Crippen molar-refractivity contribution in [2.75, 3.05) is 0 Å². The van der Waals surface area contributed by atoms with Gasteiger partial charge < -0.3 is 0 Å². The van der Waals surface area contributed by atoms with Crippen molar-refractivity contribution in [1.29, 1.82) is 0 Å². The molecule has 3 aromatic carbocycles. The molecule has 0 nitrogen and oxygen atoms in total. The second-order valence-electron chi connectivity index (χ2n) is 9.26. The zero-order valence-electron chi connectivity index (χ0n) is 18.9. The monoisotopic (exact) mass is 436 g/mol. The SMILES string of the molecule is CCc1ccc(CCc2ccc(-c3ccc(C4CCC(C)CC4)c(F)c3F)cc2)c(F)c1. The van der Waals surface area contributed by atoms with Crippen molar-refractivity contribution < 1.29 is 13.2 Å². The first kappa shape index (κ1) is 22.6. The second-order valence-corrected chi connectivity index (χ2v) is 9.26. The van der Waals surface area contributed by atoms with Gasteiger partial charge in [-0.15, -0.1) is 0 Å². The van der Waals surface area contributed by atoms with E-state index >= 15 is 0 Å². The molecule has 0 aliphatic heterocycles. The summed E-state index contributed by atoms with van der Waals surface area (Å²) in [6.07, 6.45) is 6.10. The highest BCUT2D eigenvalue weighted by Gasteiger charge is 2.25. The Labute approximate surface area is 189 Å². The maximum Gasteiger partial charge on any atom is 0.166 e. The topological polar surface area (TPSA) is 0 Å². The summed E-state index contributed by atoms with van der Waals surface area (Å²) in [5.41, 5.74) is 4.21. The number of aryl methyl sites for hydroxylation is 3. The molecule has 0 atom stereocenters. The van der Waals surface area contributed by atoms with Gasteiger partial charge in [0.05, 0.1) is 0 Å². The van der Waals surface area contributed by atoms with E-state index in [1.54, 1.807) is 18.2 Å². The zero-order valence-corrected chi connectivity index (χ0v) is 18.9. The standard InChI is InChI=1S/C29H31F3/c1-3-20-6-14-24(27(30)18-20)15-9-21-7-12-23(13-8-21)26-17-16-25(28(31)29(26)32)22-10-4-19(2)5-11-22/h6-8,12-14,16-19,22H,3-5,9-11,15H2,1-2H3. The molecule has 168 valence electrons. The van der Waals surface area contributed by atoms with Crippen molar-refractivity contribution in [2.45, 2.75) is 64.7 Å². The quantitative estimate of drug-likeness (QED) is 0.364. The van der Waals surface area contributed by atoms with Crippen LogP contribution < -0.4 is 0 Å². The van der Waals surface area contributed by atoms with Crippen LogP contribution in [0.3, 0.4) is 0 Å². The third kappa shape index (κ3) is 4.92. The fourth-order valence-corrected chi connectivity index (χ4v) is 4.82. The van der Waals surface area contributed by atoms with E-state index in [2.05, 4.69) is 6.92 Å². The first-order chi connectivity index (χ1) is 15.5. The average molecular weight is 437 g/mol. The Bertz CT molecular complexity index is 1060. The van der Waals surface area contributed by atoms with Crippen LogP contribution in [-0.2, 0) is 19.3 Å². The number of benzene rings is 3. The van der Waals surface area contributed by atoms with Crippen LogP contribution in [0, 0.1) is 23.4 Å². The molecule has 1 aliphatic rings. The van der Waals surface area contributed by atoms with Crippen molar-refractivity contribution in [3.05, 3.63) is 94.3 Å². The van der Waals surface area contributed by atoms with Crippen molar-refractivity contribution in [1.82, 2.24) is 0 Å². The Balaban J connectivity index is 1.46. The van der Waals surface area contributed by atoms with Crippen LogP contribution in [-0.4, -0.2) is 0 Å². The average Bonchev–Trinajstić information content (AvgIpc) is 2.81. The number of rotatable bonds is 6. The van der Waals surface area contributed by atoms with E-state index in [0.717, 1.165) is 43.2 Å². The van der Waals surface area contributed by atoms with Crippen molar-refractivity contribution in [3.8, 4) is 11.1 Å². The van der Waals surface area contributed by atoms with Crippen LogP contribution in [0.5, 0.6) is 0 Å².